The number of fused-ring (bicyclic) bond motifs is 1. The van der Waals surface area contributed by atoms with Crippen molar-refractivity contribution in [3.05, 3.63) is 29.3 Å². The predicted molar refractivity (Wildman–Crippen MR) is 49.4 cm³/mol. The minimum absolute atomic E-state index is 0.340. The van der Waals surface area contributed by atoms with Crippen molar-refractivity contribution in [3.8, 4) is 5.75 Å². The van der Waals surface area contributed by atoms with Crippen LogP contribution in [-0.2, 0) is 0 Å². The first kappa shape index (κ1) is 8.74. The van der Waals surface area contributed by atoms with Gasteiger partial charge in [0.1, 0.15) is 5.75 Å². The highest BCUT2D eigenvalue weighted by Crippen LogP contribution is 2.21. The Morgan fingerprint density at radius 3 is 2.64 bits per heavy atom. The first-order chi connectivity index (χ1) is 6.72. The number of rotatable bonds is 2. The van der Waals surface area contributed by atoms with E-state index in [4.69, 9.17) is 4.74 Å². The molecule has 72 valence electrons. The van der Waals surface area contributed by atoms with E-state index in [9.17, 15) is 9.59 Å². The van der Waals surface area contributed by atoms with Crippen LogP contribution in [0.4, 0.5) is 0 Å². The SMILES string of the molecule is CCOc1ccc2c(c1)C(=O)NC2=O. The Morgan fingerprint density at radius 2 is 1.93 bits per heavy atom. The highest BCUT2D eigenvalue weighted by Gasteiger charge is 2.26. The summed E-state index contributed by atoms with van der Waals surface area (Å²) in [7, 11) is 0. The van der Waals surface area contributed by atoms with Crippen LogP contribution in [0.2, 0.25) is 0 Å². The lowest BCUT2D eigenvalue weighted by atomic mass is 10.1. The molecule has 2 rings (SSSR count). The minimum Gasteiger partial charge on any atom is -0.494 e. The molecule has 0 fully saturated rings. The average Bonchev–Trinajstić information content (AvgIpc) is 2.43. The zero-order valence-electron chi connectivity index (χ0n) is 7.66. The van der Waals surface area contributed by atoms with Crippen LogP contribution in [0.5, 0.6) is 5.75 Å². The number of imide groups is 1. The van der Waals surface area contributed by atoms with Gasteiger partial charge in [-0.3, -0.25) is 14.9 Å². The van der Waals surface area contributed by atoms with E-state index in [-0.39, 0.29) is 11.8 Å². The second-order valence-electron chi connectivity index (χ2n) is 2.92. The Hall–Kier alpha value is -1.84. The Morgan fingerprint density at radius 1 is 1.21 bits per heavy atom. The van der Waals surface area contributed by atoms with Gasteiger partial charge >= 0.3 is 0 Å². The summed E-state index contributed by atoms with van der Waals surface area (Å²) in [6.07, 6.45) is 0. The summed E-state index contributed by atoms with van der Waals surface area (Å²) in [6, 6.07) is 4.86. The molecular formula is C10H9NO3. The molecule has 0 radical (unpaired) electrons. The predicted octanol–water partition coefficient (Wildman–Crippen LogP) is 0.969. The van der Waals surface area contributed by atoms with Crippen molar-refractivity contribution in [2.75, 3.05) is 6.61 Å². The van der Waals surface area contributed by atoms with Crippen LogP contribution < -0.4 is 10.1 Å². The summed E-state index contributed by atoms with van der Waals surface area (Å²) in [5, 5.41) is 2.22. The molecule has 0 bridgehead atoms. The third kappa shape index (κ3) is 1.25. The molecular weight excluding hydrogens is 182 g/mol. The Labute approximate surface area is 80.9 Å². The highest BCUT2D eigenvalue weighted by atomic mass is 16.5. The minimum atomic E-state index is -0.355. The van der Waals surface area contributed by atoms with Gasteiger partial charge in [-0.2, -0.15) is 0 Å². The standard InChI is InChI=1S/C10H9NO3/c1-2-14-6-3-4-7-8(5-6)10(13)11-9(7)12/h3-5H,2H2,1H3,(H,11,12,13). The summed E-state index contributed by atoms with van der Waals surface area (Å²) in [6.45, 7) is 2.40. The van der Waals surface area contributed by atoms with Gasteiger partial charge in [0.15, 0.2) is 0 Å². The van der Waals surface area contributed by atoms with Gasteiger partial charge in [-0.05, 0) is 25.1 Å². The number of hydrogen-bond donors (Lipinski definition) is 1. The Balaban J connectivity index is 2.44. The van der Waals surface area contributed by atoms with Crippen LogP contribution >= 0.6 is 0 Å². The number of ether oxygens (including phenoxy) is 1. The lowest BCUT2D eigenvalue weighted by Crippen LogP contribution is -2.19. The number of nitrogens with one attached hydrogen (secondary N) is 1. The van der Waals surface area contributed by atoms with Gasteiger partial charge in [0.05, 0.1) is 17.7 Å². The molecule has 0 spiro atoms. The maximum Gasteiger partial charge on any atom is 0.259 e. The smallest absolute Gasteiger partial charge is 0.259 e. The van der Waals surface area contributed by atoms with Crippen LogP contribution in [0, 0.1) is 0 Å². The Kier molecular flexibility index (Phi) is 1.96. The molecule has 0 saturated heterocycles. The molecule has 0 atom stereocenters. The van der Waals surface area contributed by atoms with Crippen molar-refractivity contribution in [1.29, 1.82) is 0 Å². The zero-order valence-corrected chi connectivity index (χ0v) is 7.66. The van der Waals surface area contributed by atoms with E-state index < -0.39 is 0 Å². The molecule has 1 aromatic carbocycles. The molecule has 0 unspecified atom stereocenters. The van der Waals surface area contributed by atoms with Crippen molar-refractivity contribution in [2.24, 2.45) is 0 Å². The molecule has 0 saturated carbocycles. The first-order valence-electron chi connectivity index (χ1n) is 4.35. The summed E-state index contributed by atoms with van der Waals surface area (Å²) in [4.78, 5) is 22.4. The van der Waals surface area contributed by atoms with Crippen molar-refractivity contribution >= 4 is 11.8 Å². The van der Waals surface area contributed by atoms with Crippen LogP contribution in [0.1, 0.15) is 27.6 Å². The summed E-state index contributed by atoms with van der Waals surface area (Å²) < 4.78 is 5.22. The first-order valence-corrected chi connectivity index (χ1v) is 4.35. The summed E-state index contributed by atoms with van der Waals surface area (Å²) in [5.74, 6) is -0.0873. The molecule has 0 aliphatic carbocycles. The van der Waals surface area contributed by atoms with Crippen LogP contribution in [-0.4, -0.2) is 18.4 Å². The van der Waals surface area contributed by atoms with Gasteiger partial charge in [0.2, 0.25) is 0 Å². The molecule has 1 aromatic rings. The fourth-order valence-electron chi connectivity index (χ4n) is 1.40. The van der Waals surface area contributed by atoms with Crippen molar-refractivity contribution < 1.29 is 14.3 Å². The second kappa shape index (κ2) is 3.14. The lowest BCUT2D eigenvalue weighted by Gasteiger charge is -2.02. The van der Waals surface area contributed by atoms with Crippen LogP contribution in [0.3, 0.4) is 0 Å². The van der Waals surface area contributed by atoms with E-state index in [2.05, 4.69) is 5.32 Å². The molecule has 1 N–H and O–H groups in total. The van der Waals surface area contributed by atoms with Gasteiger partial charge in [0.25, 0.3) is 11.8 Å². The maximum absolute atomic E-state index is 11.2. The van der Waals surface area contributed by atoms with Gasteiger partial charge in [-0.1, -0.05) is 0 Å². The van der Waals surface area contributed by atoms with Gasteiger partial charge in [-0.15, -0.1) is 0 Å². The number of hydrogen-bond acceptors (Lipinski definition) is 3. The summed E-state index contributed by atoms with van der Waals surface area (Å²) in [5.41, 5.74) is 0.805. The van der Waals surface area contributed by atoms with Gasteiger partial charge in [-0.25, -0.2) is 0 Å². The second-order valence-corrected chi connectivity index (χ2v) is 2.92. The molecule has 1 heterocycles. The van der Waals surface area contributed by atoms with Crippen LogP contribution in [0.15, 0.2) is 18.2 Å². The van der Waals surface area contributed by atoms with Gasteiger partial charge in [0, 0.05) is 0 Å². The molecule has 1 aliphatic heterocycles. The molecule has 0 aromatic heterocycles. The number of carbonyl (C=O) groups excluding carboxylic acids is 2. The third-order valence-corrected chi connectivity index (χ3v) is 2.02. The van der Waals surface area contributed by atoms with E-state index in [0.717, 1.165) is 0 Å². The normalized spacial score (nSPS) is 13.8. The number of amides is 2. The van der Waals surface area contributed by atoms with Crippen molar-refractivity contribution in [2.45, 2.75) is 6.92 Å². The van der Waals surface area contributed by atoms with E-state index in [1.807, 2.05) is 6.92 Å². The monoisotopic (exact) mass is 191 g/mol. The zero-order chi connectivity index (χ0) is 10.1. The van der Waals surface area contributed by atoms with Crippen LogP contribution in [0.25, 0.3) is 0 Å². The fourth-order valence-corrected chi connectivity index (χ4v) is 1.40. The molecule has 1 aliphatic rings. The van der Waals surface area contributed by atoms with Crippen molar-refractivity contribution in [1.82, 2.24) is 5.32 Å². The van der Waals surface area contributed by atoms with E-state index in [1.165, 1.54) is 0 Å². The van der Waals surface area contributed by atoms with Gasteiger partial charge < -0.3 is 4.74 Å². The molecule has 4 heteroatoms. The van der Waals surface area contributed by atoms with E-state index in [1.54, 1.807) is 18.2 Å². The largest absolute Gasteiger partial charge is 0.494 e. The van der Waals surface area contributed by atoms with E-state index >= 15 is 0 Å². The quantitative estimate of drug-likeness (QED) is 0.708. The lowest BCUT2D eigenvalue weighted by molar-refractivity contribution is 0.0879. The maximum atomic E-state index is 11.2. The number of benzene rings is 1. The average molecular weight is 191 g/mol. The topological polar surface area (TPSA) is 55.4 Å². The highest BCUT2D eigenvalue weighted by molar-refractivity contribution is 6.21. The molecule has 14 heavy (non-hydrogen) atoms. The Bertz CT molecular complexity index is 412. The third-order valence-electron chi connectivity index (χ3n) is 2.02. The molecule has 2 amide bonds. The fraction of sp³-hybridized carbons (Fsp3) is 0.200. The summed E-state index contributed by atoms with van der Waals surface area (Å²) >= 11 is 0. The number of carbonyl (C=O) groups is 2. The van der Waals surface area contributed by atoms with Crippen molar-refractivity contribution in [3.63, 3.8) is 0 Å². The molecule has 4 nitrogen and oxygen atoms in total. The van der Waals surface area contributed by atoms with E-state index in [0.29, 0.717) is 23.5 Å².